The third-order valence-electron chi connectivity index (χ3n) is 5.39. The molecule has 23 heavy (non-hydrogen) atoms. The van der Waals surface area contributed by atoms with Crippen LogP contribution in [0.15, 0.2) is 30.3 Å². The maximum Gasteiger partial charge on any atom is 0.119 e. The molecule has 2 aliphatic rings. The maximum atomic E-state index is 5.29. The summed E-state index contributed by atoms with van der Waals surface area (Å²) in [5.74, 6) is 0.887. The SMILES string of the molecule is COc1ccc2nc(CN3C[C@H]4CCCN4C[C@@H]3C)ccc2c1. The predicted molar refractivity (Wildman–Crippen MR) is 92.8 cm³/mol. The van der Waals surface area contributed by atoms with Crippen molar-refractivity contribution in [3.63, 3.8) is 0 Å². The molecule has 0 spiro atoms. The molecular formula is C19H25N3O. The van der Waals surface area contributed by atoms with Gasteiger partial charge in [0.05, 0.1) is 18.3 Å². The maximum absolute atomic E-state index is 5.29. The first-order valence-corrected chi connectivity index (χ1v) is 8.65. The zero-order valence-corrected chi connectivity index (χ0v) is 14.0. The van der Waals surface area contributed by atoms with Crippen molar-refractivity contribution in [2.75, 3.05) is 26.7 Å². The Morgan fingerprint density at radius 2 is 2.13 bits per heavy atom. The molecule has 0 saturated carbocycles. The van der Waals surface area contributed by atoms with Gasteiger partial charge in [-0.25, -0.2) is 0 Å². The average molecular weight is 311 g/mol. The minimum absolute atomic E-state index is 0.609. The molecule has 4 rings (SSSR count). The van der Waals surface area contributed by atoms with Gasteiger partial charge in [-0.1, -0.05) is 6.07 Å². The number of piperazine rings is 1. The summed E-state index contributed by atoms with van der Waals surface area (Å²) in [7, 11) is 1.70. The molecule has 0 aliphatic carbocycles. The van der Waals surface area contributed by atoms with E-state index in [1.54, 1.807) is 7.11 Å². The molecule has 2 aromatic rings. The smallest absolute Gasteiger partial charge is 0.119 e. The first-order valence-electron chi connectivity index (χ1n) is 8.65. The molecule has 0 radical (unpaired) electrons. The lowest BCUT2D eigenvalue weighted by atomic mass is 10.1. The van der Waals surface area contributed by atoms with Gasteiger partial charge in [0.15, 0.2) is 0 Å². The Hall–Kier alpha value is -1.65. The number of methoxy groups -OCH3 is 1. The lowest BCUT2D eigenvalue weighted by Gasteiger charge is -2.42. The normalized spacial score (nSPS) is 25.7. The Morgan fingerprint density at radius 3 is 3.00 bits per heavy atom. The summed E-state index contributed by atoms with van der Waals surface area (Å²) in [5.41, 5.74) is 2.22. The molecule has 1 aromatic heterocycles. The molecule has 4 nitrogen and oxygen atoms in total. The van der Waals surface area contributed by atoms with Gasteiger partial charge >= 0.3 is 0 Å². The van der Waals surface area contributed by atoms with Crippen molar-refractivity contribution in [1.82, 2.24) is 14.8 Å². The highest BCUT2D eigenvalue weighted by atomic mass is 16.5. The van der Waals surface area contributed by atoms with E-state index in [2.05, 4.69) is 34.9 Å². The van der Waals surface area contributed by atoms with E-state index in [1.165, 1.54) is 38.2 Å². The zero-order chi connectivity index (χ0) is 15.8. The number of ether oxygens (including phenoxy) is 1. The van der Waals surface area contributed by atoms with Crippen LogP contribution in [-0.2, 0) is 6.54 Å². The average Bonchev–Trinajstić information content (AvgIpc) is 3.01. The molecule has 0 N–H and O–H groups in total. The van der Waals surface area contributed by atoms with E-state index < -0.39 is 0 Å². The van der Waals surface area contributed by atoms with Gasteiger partial charge in [-0.05, 0) is 50.6 Å². The molecule has 0 unspecified atom stereocenters. The number of rotatable bonds is 3. The van der Waals surface area contributed by atoms with Crippen LogP contribution in [0, 0.1) is 0 Å². The van der Waals surface area contributed by atoms with Crippen LogP contribution in [0.4, 0.5) is 0 Å². The monoisotopic (exact) mass is 311 g/mol. The highest BCUT2D eigenvalue weighted by Gasteiger charge is 2.34. The second kappa shape index (κ2) is 6.10. The van der Waals surface area contributed by atoms with E-state index in [4.69, 9.17) is 9.72 Å². The van der Waals surface area contributed by atoms with Gasteiger partial charge < -0.3 is 4.74 Å². The van der Waals surface area contributed by atoms with Crippen molar-refractivity contribution >= 4 is 10.9 Å². The van der Waals surface area contributed by atoms with Crippen LogP contribution in [0.2, 0.25) is 0 Å². The van der Waals surface area contributed by atoms with Crippen molar-refractivity contribution in [2.24, 2.45) is 0 Å². The highest BCUT2D eigenvalue weighted by Crippen LogP contribution is 2.26. The van der Waals surface area contributed by atoms with E-state index in [9.17, 15) is 0 Å². The molecule has 3 heterocycles. The third-order valence-corrected chi connectivity index (χ3v) is 5.39. The summed E-state index contributed by atoms with van der Waals surface area (Å²) in [6.07, 6.45) is 2.72. The van der Waals surface area contributed by atoms with Crippen LogP contribution in [0.1, 0.15) is 25.5 Å². The fourth-order valence-electron chi connectivity index (χ4n) is 4.04. The summed E-state index contributed by atoms with van der Waals surface area (Å²) in [6.45, 7) is 6.98. The third kappa shape index (κ3) is 2.93. The Kier molecular flexibility index (Phi) is 3.95. The molecule has 2 aliphatic heterocycles. The van der Waals surface area contributed by atoms with Crippen LogP contribution >= 0.6 is 0 Å². The summed E-state index contributed by atoms with van der Waals surface area (Å²) in [4.78, 5) is 10.1. The zero-order valence-electron chi connectivity index (χ0n) is 14.0. The van der Waals surface area contributed by atoms with Gasteiger partial charge in [0.1, 0.15) is 5.75 Å². The second-order valence-electron chi connectivity index (χ2n) is 6.93. The topological polar surface area (TPSA) is 28.6 Å². The molecule has 2 atom stereocenters. The standard InChI is InChI=1S/C19H25N3O/c1-14-11-21-9-3-4-17(21)13-22(14)12-16-6-5-15-10-18(23-2)7-8-19(15)20-16/h5-8,10,14,17H,3-4,9,11-13H2,1-2H3/t14-,17+/m0/s1. The van der Waals surface area contributed by atoms with E-state index >= 15 is 0 Å². The minimum atomic E-state index is 0.609. The van der Waals surface area contributed by atoms with Crippen LogP contribution in [-0.4, -0.2) is 53.6 Å². The molecule has 1 aromatic carbocycles. The van der Waals surface area contributed by atoms with Crippen LogP contribution in [0.25, 0.3) is 10.9 Å². The first-order chi connectivity index (χ1) is 11.2. The number of hydrogen-bond donors (Lipinski definition) is 0. The highest BCUT2D eigenvalue weighted by molar-refractivity contribution is 5.80. The lowest BCUT2D eigenvalue weighted by Crippen LogP contribution is -2.54. The van der Waals surface area contributed by atoms with Gasteiger partial charge in [0.25, 0.3) is 0 Å². The van der Waals surface area contributed by atoms with Crippen LogP contribution < -0.4 is 4.74 Å². The number of hydrogen-bond acceptors (Lipinski definition) is 4. The van der Waals surface area contributed by atoms with Crippen LogP contribution in [0.5, 0.6) is 5.75 Å². The van der Waals surface area contributed by atoms with Crippen molar-refractivity contribution in [1.29, 1.82) is 0 Å². The molecule has 4 heteroatoms. The summed E-state index contributed by atoms with van der Waals surface area (Å²) >= 11 is 0. The van der Waals surface area contributed by atoms with Gasteiger partial charge in [0, 0.05) is 37.1 Å². The first kappa shape index (κ1) is 14.9. The Balaban J connectivity index is 1.52. The van der Waals surface area contributed by atoms with Gasteiger partial charge in [-0.15, -0.1) is 0 Å². The van der Waals surface area contributed by atoms with E-state index in [1.807, 2.05) is 12.1 Å². The van der Waals surface area contributed by atoms with Crippen molar-refractivity contribution in [3.05, 3.63) is 36.0 Å². The second-order valence-corrected chi connectivity index (χ2v) is 6.93. The Bertz CT molecular complexity index is 702. The minimum Gasteiger partial charge on any atom is -0.497 e. The van der Waals surface area contributed by atoms with E-state index in [0.717, 1.165) is 29.2 Å². The fraction of sp³-hybridized carbons (Fsp3) is 0.526. The lowest BCUT2D eigenvalue weighted by molar-refractivity contribution is 0.0532. The van der Waals surface area contributed by atoms with Gasteiger partial charge in [0.2, 0.25) is 0 Å². The largest absolute Gasteiger partial charge is 0.497 e. The summed E-state index contributed by atoms with van der Waals surface area (Å²) in [6, 6.07) is 11.8. The summed E-state index contributed by atoms with van der Waals surface area (Å²) < 4.78 is 5.29. The van der Waals surface area contributed by atoms with Gasteiger partial charge in [-0.2, -0.15) is 0 Å². The molecule has 0 amide bonds. The van der Waals surface area contributed by atoms with Crippen molar-refractivity contribution in [3.8, 4) is 5.75 Å². The van der Waals surface area contributed by atoms with Crippen molar-refractivity contribution < 1.29 is 4.74 Å². The molecule has 2 saturated heterocycles. The molecular weight excluding hydrogens is 286 g/mol. The number of nitrogens with zero attached hydrogens (tertiary/aromatic N) is 3. The molecule has 2 fully saturated rings. The summed E-state index contributed by atoms with van der Waals surface area (Å²) in [5, 5.41) is 1.14. The number of aromatic nitrogens is 1. The van der Waals surface area contributed by atoms with E-state index in [0.29, 0.717) is 6.04 Å². The van der Waals surface area contributed by atoms with Gasteiger partial charge in [-0.3, -0.25) is 14.8 Å². The molecule has 122 valence electrons. The fourth-order valence-corrected chi connectivity index (χ4v) is 4.04. The number of pyridine rings is 1. The quantitative estimate of drug-likeness (QED) is 0.871. The Labute approximate surface area is 138 Å². The Morgan fingerprint density at radius 1 is 1.22 bits per heavy atom. The number of fused-ring (bicyclic) bond motifs is 2. The number of benzene rings is 1. The van der Waals surface area contributed by atoms with Crippen molar-refractivity contribution in [2.45, 2.75) is 38.4 Å². The molecule has 0 bridgehead atoms. The van der Waals surface area contributed by atoms with E-state index in [-0.39, 0.29) is 0 Å². The van der Waals surface area contributed by atoms with Crippen LogP contribution in [0.3, 0.4) is 0 Å². The predicted octanol–water partition coefficient (Wildman–Crippen LogP) is 2.91.